The SMILES string of the molecule is CCOC(=O)C(C)(C)Oc1ccc(OCCCC#Cc2ccc(OC(F)(F)F)cc2)c(F)c1. The minimum absolute atomic E-state index is 0.0319. The van der Waals surface area contributed by atoms with Gasteiger partial charge in [-0.25, -0.2) is 9.18 Å². The normalized spacial score (nSPS) is 11.2. The highest BCUT2D eigenvalue weighted by atomic mass is 19.4. The summed E-state index contributed by atoms with van der Waals surface area (Å²) in [5.41, 5.74) is -0.729. The lowest BCUT2D eigenvalue weighted by atomic mass is 10.1. The Morgan fingerprint density at radius 2 is 1.67 bits per heavy atom. The highest BCUT2D eigenvalue weighted by molar-refractivity contribution is 5.79. The molecule has 0 aliphatic rings. The number of benzene rings is 2. The molecule has 0 amide bonds. The van der Waals surface area contributed by atoms with Gasteiger partial charge in [-0.2, -0.15) is 0 Å². The van der Waals surface area contributed by atoms with Crippen molar-refractivity contribution in [2.75, 3.05) is 13.2 Å². The summed E-state index contributed by atoms with van der Waals surface area (Å²) in [7, 11) is 0. The van der Waals surface area contributed by atoms with Crippen molar-refractivity contribution in [2.45, 2.75) is 45.6 Å². The summed E-state index contributed by atoms with van der Waals surface area (Å²) in [6, 6.07) is 9.24. The molecule has 0 atom stereocenters. The van der Waals surface area contributed by atoms with Gasteiger partial charge >= 0.3 is 12.3 Å². The zero-order valence-corrected chi connectivity index (χ0v) is 18.4. The van der Waals surface area contributed by atoms with Gasteiger partial charge in [0.2, 0.25) is 0 Å². The van der Waals surface area contributed by atoms with Crippen LogP contribution in [0.3, 0.4) is 0 Å². The van der Waals surface area contributed by atoms with Crippen LogP contribution in [0.25, 0.3) is 0 Å². The molecule has 178 valence electrons. The van der Waals surface area contributed by atoms with E-state index in [0.29, 0.717) is 18.4 Å². The lowest BCUT2D eigenvalue weighted by Crippen LogP contribution is -2.39. The first kappa shape index (κ1) is 25.8. The van der Waals surface area contributed by atoms with Gasteiger partial charge in [0.1, 0.15) is 11.5 Å². The predicted molar refractivity (Wildman–Crippen MR) is 112 cm³/mol. The molecule has 0 spiro atoms. The molecule has 2 aromatic rings. The fourth-order valence-corrected chi connectivity index (χ4v) is 2.55. The van der Waals surface area contributed by atoms with E-state index in [9.17, 15) is 22.4 Å². The Morgan fingerprint density at radius 3 is 2.27 bits per heavy atom. The zero-order valence-electron chi connectivity index (χ0n) is 18.4. The Labute approximate surface area is 189 Å². The first-order valence-corrected chi connectivity index (χ1v) is 10.1. The molecule has 0 aromatic heterocycles. The van der Waals surface area contributed by atoms with Crippen molar-refractivity contribution in [2.24, 2.45) is 0 Å². The number of carbonyl (C=O) groups is 1. The van der Waals surface area contributed by atoms with Crippen molar-refractivity contribution in [3.8, 4) is 29.1 Å². The van der Waals surface area contributed by atoms with Crippen molar-refractivity contribution in [3.05, 3.63) is 53.8 Å². The highest BCUT2D eigenvalue weighted by Gasteiger charge is 2.32. The van der Waals surface area contributed by atoms with Crippen molar-refractivity contribution in [1.82, 2.24) is 0 Å². The number of rotatable bonds is 9. The maximum Gasteiger partial charge on any atom is 0.573 e. The van der Waals surface area contributed by atoms with E-state index in [1.807, 2.05) is 0 Å². The third-order valence-corrected chi connectivity index (χ3v) is 4.07. The van der Waals surface area contributed by atoms with Crippen LogP contribution in [0.5, 0.6) is 17.2 Å². The highest BCUT2D eigenvalue weighted by Crippen LogP contribution is 2.26. The number of esters is 1. The summed E-state index contributed by atoms with van der Waals surface area (Å²) in [5, 5.41) is 0. The summed E-state index contributed by atoms with van der Waals surface area (Å²) in [5.74, 6) is 4.38. The van der Waals surface area contributed by atoms with Crippen molar-refractivity contribution >= 4 is 5.97 Å². The molecule has 0 fully saturated rings. The van der Waals surface area contributed by atoms with Crippen LogP contribution in [0.1, 0.15) is 39.2 Å². The van der Waals surface area contributed by atoms with Gasteiger partial charge in [-0.1, -0.05) is 11.8 Å². The Morgan fingerprint density at radius 1 is 1.00 bits per heavy atom. The molecule has 9 heteroatoms. The summed E-state index contributed by atoms with van der Waals surface area (Å²) >= 11 is 0. The molecule has 2 aromatic carbocycles. The van der Waals surface area contributed by atoms with E-state index < -0.39 is 23.7 Å². The van der Waals surface area contributed by atoms with Gasteiger partial charge in [0, 0.05) is 18.1 Å². The van der Waals surface area contributed by atoms with Gasteiger partial charge in [-0.15, -0.1) is 13.2 Å². The smallest absolute Gasteiger partial charge is 0.490 e. The molecule has 0 aliphatic carbocycles. The predicted octanol–water partition coefficient (Wildman–Crippen LogP) is 5.66. The van der Waals surface area contributed by atoms with Gasteiger partial charge in [0.25, 0.3) is 0 Å². The van der Waals surface area contributed by atoms with Crippen LogP contribution >= 0.6 is 0 Å². The Balaban J connectivity index is 1.79. The summed E-state index contributed by atoms with van der Waals surface area (Å²) < 4.78 is 70.4. The van der Waals surface area contributed by atoms with Gasteiger partial charge in [0.05, 0.1) is 13.2 Å². The number of hydrogen-bond donors (Lipinski definition) is 0. The van der Waals surface area contributed by atoms with E-state index in [-0.39, 0.29) is 30.5 Å². The fourth-order valence-electron chi connectivity index (χ4n) is 2.55. The average molecular weight is 468 g/mol. The molecule has 0 radical (unpaired) electrons. The molecule has 0 unspecified atom stereocenters. The van der Waals surface area contributed by atoms with Gasteiger partial charge in [-0.3, -0.25) is 0 Å². The van der Waals surface area contributed by atoms with E-state index in [1.54, 1.807) is 6.92 Å². The minimum Gasteiger partial charge on any atom is -0.490 e. The molecule has 2 rings (SSSR count). The topological polar surface area (TPSA) is 54.0 Å². The Bertz CT molecular complexity index is 989. The molecule has 0 heterocycles. The largest absolute Gasteiger partial charge is 0.573 e. The van der Waals surface area contributed by atoms with E-state index >= 15 is 0 Å². The maximum atomic E-state index is 14.3. The lowest BCUT2D eigenvalue weighted by Gasteiger charge is -2.24. The summed E-state index contributed by atoms with van der Waals surface area (Å²) in [6.07, 6.45) is -3.79. The first-order valence-electron chi connectivity index (χ1n) is 10.1. The molecule has 0 saturated carbocycles. The fraction of sp³-hybridized carbons (Fsp3) is 0.375. The second-order valence-electron chi connectivity index (χ2n) is 7.25. The zero-order chi connectivity index (χ0) is 24.5. The quantitative estimate of drug-likeness (QED) is 0.206. The molecule has 0 N–H and O–H groups in total. The van der Waals surface area contributed by atoms with Crippen LogP contribution in [0.4, 0.5) is 17.6 Å². The second-order valence-corrected chi connectivity index (χ2v) is 7.25. The monoisotopic (exact) mass is 468 g/mol. The second kappa shape index (κ2) is 11.5. The van der Waals surface area contributed by atoms with Crippen molar-refractivity contribution in [1.29, 1.82) is 0 Å². The third-order valence-electron chi connectivity index (χ3n) is 4.07. The molecule has 0 bridgehead atoms. The average Bonchev–Trinajstić information content (AvgIpc) is 2.72. The molecule has 5 nitrogen and oxygen atoms in total. The molecular weight excluding hydrogens is 444 g/mol. The maximum absolute atomic E-state index is 14.3. The summed E-state index contributed by atoms with van der Waals surface area (Å²) in [6.45, 7) is 5.15. The number of alkyl halides is 3. The van der Waals surface area contributed by atoms with Gasteiger partial charge in [-0.05, 0) is 63.6 Å². The van der Waals surface area contributed by atoms with Crippen LogP contribution in [0.15, 0.2) is 42.5 Å². The lowest BCUT2D eigenvalue weighted by molar-refractivity contribution is -0.274. The van der Waals surface area contributed by atoms with Crippen LogP contribution in [-0.4, -0.2) is 31.1 Å². The molecular formula is C24H24F4O5. The number of halogens is 4. The van der Waals surface area contributed by atoms with E-state index in [4.69, 9.17) is 14.2 Å². The van der Waals surface area contributed by atoms with Crippen LogP contribution in [0, 0.1) is 17.7 Å². The van der Waals surface area contributed by atoms with E-state index in [0.717, 1.165) is 6.07 Å². The number of unbranched alkanes of at least 4 members (excludes halogenated alkanes) is 1. The molecule has 0 saturated heterocycles. The summed E-state index contributed by atoms with van der Waals surface area (Å²) in [4.78, 5) is 11.9. The minimum atomic E-state index is -4.74. The third kappa shape index (κ3) is 8.93. The molecule has 0 aliphatic heterocycles. The Kier molecular flexibility index (Phi) is 8.97. The van der Waals surface area contributed by atoms with Crippen LogP contribution < -0.4 is 14.2 Å². The number of carbonyl (C=O) groups excluding carboxylic acids is 1. The van der Waals surface area contributed by atoms with Gasteiger partial charge < -0.3 is 18.9 Å². The van der Waals surface area contributed by atoms with Gasteiger partial charge in [0.15, 0.2) is 17.2 Å². The van der Waals surface area contributed by atoms with Crippen molar-refractivity contribution < 1.29 is 41.3 Å². The van der Waals surface area contributed by atoms with E-state index in [2.05, 4.69) is 16.6 Å². The number of ether oxygens (including phenoxy) is 4. The van der Waals surface area contributed by atoms with Crippen molar-refractivity contribution in [3.63, 3.8) is 0 Å². The Hall–Kier alpha value is -3.41. The standard InChI is InChI=1S/C24H24F4O5/c1-4-30-22(29)23(2,3)32-19-13-14-21(20(25)16-19)31-15-7-5-6-8-17-9-11-18(12-10-17)33-24(26,27)28/h9-14,16H,4-5,7,15H2,1-3H3. The van der Waals surface area contributed by atoms with Crippen LogP contribution in [0.2, 0.25) is 0 Å². The van der Waals surface area contributed by atoms with Crippen LogP contribution in [-0.2, 0) is 9.53 Å². The first-order chi connectivity index (χ1) is 15.5. The van der Waals surface area contributed by atoms with E-state index in [1.165, 1.54) is 50.2 Å². The number of hydrogen-bond acceptors (Lipinski definition) is 5. The molecule has 33 heavy (non-hydrogen) atoms.